The number of methoxy groups -OCH3 is 1. The summed E-state index contributed by atoms with van der Waals surface area (Å²) in [6.07, 6.45) is 0. The molecular formula is C25H20ClN3O3. The highest BCUT2D eigenvalue weighted by atomic mass is 35.5. The Hall–Kier alpha value is -3.82. The van der Waals surface area contributed by atoms with E-state index >= 15 is 0 Å². The average molecular weight is 446 g/mol. The fraction of sp³-hybridized carbons (Fsp3) is 0.160. The second-order valence-electron chi connectivity index (χ2n) is 7.05. The number of esters is 1. The number of aromatic nitrogens is 2. The van der Waals surface area contributed by atoms with E-state index in [0.717, 1.165) is 16.7 Å². The summed E-state index contributed by atoms with van der Waals surface area (Å²) in [5.41, 5.74) is 4.98. The van der Waals surface area contributed by atoms with Crippen LogP contribution in [0, 0.1) is 6.57 Å². The molecule has 6 nitrogen and oxygen atoms in total. The van der Waals surface area contributed by atoms with Gasteiger partial charge in [-0.05, 0) is 41.8 Å². The SMILES string of the molecule is [C-]#[N+]c1ccc(Cl)cc1-c1ccc(Cn2c(OCC)nc3cccc(C(=O)OC)c32)cc1. The number of hydrogen-bond acceptors (Lipinski definition) is 4. The topological polar surface area (TPSA) is 57.7 Å². The molecule has 4 rings (SSSR count). The van der Waals surface area contributed by atoms with Crippen LogP contribution in [0.3, 0.4) is 0 Å². The van der Waals surface area contributed by atoms with Crippen molar-refractivity contribution in [3.05, 3.63) is 88.2 Å². The van der Waals surface area contributed by atoms with Crippen LogP contribution in [0.15, 0.2) is 60.7 Å². The van der Waals surface area contributed by atoms with Crippen molar-refractivity contribution in [3.8, 4) is 17.1 Å². The van der Waals surface area contributed by atoms with Gasteiger partial charge in [-0.3, -0.25) is 4.57 Å². The lowest BCUT2D eigenvalue weighted by Crippen LogP contribution is -2.09. The first-order chi connectivity index (χ1) is 15.5. The molecule has 0 aliphatic carbocycles. The van der Waals surface area contributed by atoms with Gasteiger partial charge in [-0.2, -0.15) is 4.98 Å². The van der Waals surface area contributed by atoms with Crippen LogP contribution in [-0.2, 0) is 11.3 Å². The van der Waals surface area contributed by atoms with Gasteiger partial charge < -0.3 is 9.47 Å². The van der Waals surface area contributed by atoms with Gasteiger partial charge in [0.1, 0.15) is 0 Å². The molecule has 0 N–H and O–H groups in total. The first-order valence-corrected chi connectivity index (χ1v) is 10.4. The molecule has 0 saturated heterocycles. The van der Waals surface area contributed by atoms with Gasteiger partial charge in [0.05, 0.1) is 43.4 Å². The van der Waals surface area contributed by atoms with Gasteiger partial charge in [-0.1, -0.05) is 54.1 Å². The van der Waals surface area contributed by atoms with Gasteiger partial charge in [0.15, 0.2) is 5.69 Å². The molecular weight excluding hydrogens is 426 g/mol. The number of ether oxygens (including phenoxy) is 2. The van der Waals surface area contributed by atoms with Crippen LogP contribution in [0.25, 0.3) is 27.0 Å². The summed E-state index contributed by atoms with van der Waals surface area (Å²) in [5, 5.41) is 0.582. The van der Waals surface area contributed by atoms with E-state index in [2.05, 4.69) is 9.83 Å². The van der Waals surface area contributed by atoms with E-state index < -0.39 is 5.97 Å². The Kier molecular flexibility index (Phi) is 6.11. The van der Waals surface area contributed by atoms with E-state index in [4.69, 9.17) is 27.6 Å². The minimum atomic E-state index is -0.428. The fourth-order valence-electron chi connectivity index (χ4n) is 3.63. The van der Waals surface area contributed by atoms with Crippen molar-refractivity contribution in [2.24, 2.45) is 0 Å². The highest BCUT2D eigenvalue weighted by Gasteiger charge is 2.19. The zero-order chi connectivity index (χ0) is 22.7. The monoisotopic (exact) mass is 445 g/mol. The van der Waals surface area contributed by atoms with E-state index in [1.54, 1.807) is 30.3 Å². The van der Waals surface area contributed by atoms with Crippen LogP contribution < -0.4 is 4.74 Å². The molecule has 1 aromatic heterocycles. The zero-order valence-corrected chi connectivity index (χ0v) is 18.4. The van der Waals surface area contributed by atoms with Crippen LogP contribution in [0.4, 0.5) is 5.69 Å². The van der Waals surface area contributed by atoms with Crippen LogP contribution in [0.2, 0.25) is 5.02 Å². The first-order valence-electron chi connectivity index (χ1n) is 10.0. The van der Waals surface area contributed by atoms with Crippen molar-refractivity contribution >= 4 is 34.3 Å². The van der Waals surface area contributed by atoms with Crippen molar-refractivity contribution in [2.75, 3.05) is 13.7 Å². The molecule has 0 radical (unpaired) electrons. The third-order valence-corrected chi connectivity index (χ3v) is 5.33. The predicted molar refractivity (Wildman–Crippen MR) is 124 cm³/mol. The molecule has 160 valence electrons. The number of benzene rings is 3. The molecule has 3 aromatic carbocycles. The van der Waals surface area contributed by atoms with Crippen molar-refractivity contribution < 1.29 is 14.3 Å². The molecule has 1 heterocycles. The summed E-state index contributed by atoms with van der Waals surface area (Å²) in [6.45, 7) is 10.2. The van der Waals surface area contributed by atoms with Gasteiger partial charge in [-0.15, -0.1) is 0 Å². The van der Waals surface area contributed by atoms with Crippen LogP contribution in [-0.4, -0.2) is 29.2 Å². The van der Waals surface area contributed by atoms with Crippen LogP contribution in [0.5, 0.6) is 6.01 Å². The van der Waals surface area contributed by atoms with Gasteiger partial charge in [0.25, 0.3) is 6.01 Å². The summed E-state index contributed by atoms with van der Waals surface area (Å²) in [7, 11) is 1.36. The van der Waals surface area contributed by atoms with Gasteiger partial charge in [-0.25, -0.2) is 9.64 Å². The molecule has 7 heteroatoms. The normalized spacial score (nSPS) is 10.7. The number of halogens is 1. The maximum Gasteiger partial charge on any atom is 0.340 e. The Morgan fingerprint density at radius 3 is 2.62 bits per heavy atom. The molecule has 0 aliphatic rings. The zero-order valence-electron chi connectivity index (χ0n) is 17.6. The molecule has 0 saturated carbocycles. The maximum absolute atomic E-state index is 12.3. The minimum Gasteiger partial charge on any atom is -0.465 e. The van der Waals surface area contributed by atoms with Crippen molar-refractivity contribution in [3.63, 3.8) is 0 Å². The number of rotatable bonds is 6. The lowest BCUT2D eigenvalue weighted by Gasteiger charge is -2.12. The average Bonchev–Trinajstić information content (AvgIpc) is 3.16. The molecule has 0 spiro atoms. The molecule has 0 bridgehead atoms. The standard InChI is InChI=1S/C25H20ClN3O3/c1-4-32-25-28-22-7-5-6-19(24(30)31-3)23(22)29(25)15-16-8-10-17(11-9-16)20-14-18(26)12-13-21(20)27-2/h5-14H,4,15H2,1,3H3. The third kappa shape index (κ3) is 4.03. The number of fused-ring (bicyclic) bond motifs is 1. The van der Waals surface area contributed by atoms with Crippen molar-refractivity contribution in [1.82, 2.24) is 9.55 Å². The lowest BCUT2D eigenvalue weighted by molar-refractivity contribution is 0.0602. The number of imidazole rings is 1. The molecule has 0 aliphatic heterocycles. The highest BCUT2D eigenvalue weighted by Crippen LogP contribution is 2.33. The Bertz CT molecular complexity index is 1340. The number of carbonyl (C=O) groups is 1. The summed E-state index contributed by atoms with van der Waals surface area (Å²) >= 11 is 6.14. The van der Waals surface area contributed by atoms with E-state index in [-0.39, 0.29) is 0 Å². The molecule has 0 fully saturated rings. The number of nitrogens with zero attached hydrogens (tertiary/aromatic N) is 3. The summed E-state index contributed by atoms with van der Waals surface area (Å²) in [5.74, 6) is -0.428. The van der Waals surface area contributed by atoms with E-state index in [0.29, 0.717) is 46.5 Å². The summed E-state index contributed by atoms with van der Waals surface area (Å²) in [6, 6.07) is 18.9. The number of hydrogen-bond donors (Lipinski definition) is 0. The Balaban J connectivity index is 1.75. The van der Waals surface area contributed by atoms with Crippen LogP contribution in [0.1, 0.15) is 22.8 Å². The van der Waals surface area contributed by atoms with E-state index in [9.17, 15) is 4.79 Å². The fourth-order valence-corrected chi connectivity index (χ4v) is 3.81. The van der Waals surface area contributed by atoms with Gasteiger partial charge >= 0.3 is 5.97 Å². The Labute approximate surface area is 190 Å². The minimum absolute atomic E-state index is 0.428. The molecule has 0 atom stereocenters. The largest absolute Gasteiger partial charge is 0.465 e. The second-order valence-corrected chi connectivity index (χ2v) is 7.49. The maximum atomic E-state index is 12.3. The smallest absolute Gasteiger partial charge is 0.340 e. The highest BCUT2D eigenvalue weighted by molar-refractivity contribution is 6.31. The summed E-state index contributed by atoms with van der Waals surface area (Å²) in [4.78, 5) is 20.5. The second kappa shape index (κ2) is 9.13. The van der Waals surface area contributed by atoms with Crippen molar-refractivity contribution in [2.45, 2.75) is 13.5 Å². The quantitative estimate of drug-likeness (QED) is 0.264. The van der Waals surface area contributed by atoms with E-state index in [1.807, 2.05) is 41.8 Å². The first kappa shape index (κ1) is 21.4. The van der Waals surface area contributed by atoms with Crippen molar-refractivity contribution in [1.29, 1.82) is 0 Å². The molecule has 0 unspecified atom stereocenters. The molecule has 32 heavy (non-hydrogen) atoms. The van der Waals surface area contributed by atoms with E-state index in [1.165, 1.54) is 7.11 Å². The lowest BCUT2D eigenvalue weighted by atomic mass is 10.0. The van der Waals surface area contributed by atoms with Gasteiger partial charge in [0, 0.05) is 5.02 Å². The molecule has 0 amide bonds. The van der Waals surface area contributed by atoms with Gasteiger partial charge in [0.2, 0.25) is 0 Å². The number of carbonyl (C=O) groups excluding carboxylic acids is 1. The Morgan fingerprint density at radius 1 is 1.16 bits per heavy atom. The number of para-hydroxylation sites is 1. The third-order valence-electron chi connectivity index (χ3n) is 5.10. The molecule has 4 aromatic rings. The summed E-state index contributed by atoms with van der Waals surface area (Å²) < 4.78 is 12.6. The van der Waals surface area contributed by atoms with Crippen LogP contribution >= 0.6 is 11.6 Å². The predicted octanol–water partition coefficient (Wildman–Crippen LogP) is 6.14. The Morgan fingerprint density at radius 2 is 1.94 bits per heavy atom.